The van der Waals surface area contributed by atoms with Crippen molar-refractivity contribution >= 4 is 22.7 Å². The van der Waals surface area contributed by atoms with Crippen molar-refractivity contribution in [1.29, 1.82) is 5.26 Å². The molecule has 126 valence electrons. The monoisotopic (exact) mass is 335 g/mol. The highest BCUT2D eigenvalue weighted by Crippen LogP contribution is 2.30. The van der Waals surface area contributed by atoms with Gasteiger partial charge >= 0.3 is 5.97 Å². The highest BCUT2D eigenvalue weighted by Gasteiger charge is 2.25. The summed E-state index contributed by atoms with van der Waals surface area (Å²) in [6.45, 7) is 0.948. The number of ketones is 1. The van der Waals surface area contributed by atoms with Gasteiger partial charge in [0.05, 0.1) is 11.1 Å². The van der Waals surface area contributed by atoms with E-state index in [0.29, 0.717) is 10.9 Å². The Morgan fingerprint density at radius 1 is 1.32 bits per heavy atom. The Bertz CT molecular complexity index is 950. The fraction of sp³-hybridized carbons (Fsp3) is 0.263. The number of allylic oxidation sites excluding steroid dienone is 1. The summed E-state index contributed by atoms with van der Waals surface area (Å²) in [6.07, 6.45) is 2.52. The molecule has 1 aliphatic carbocycles. The average Bonchev–Trinajstić information content (AvgIpc) is 3.05. The third kappa shape index (κ3) is 3.09. The Morgan fingerprint density at radius 2 is 2.08 bits per heavy atom. The topological polar surface area (TPSA) is 106 Å². The maximum Gasteiger partial charge on any atom is 0.339 e. The average molecular weight is 335 g/mol. The second kappa shape index (κ2) is 6.73. The number of hydrogen-bond donors (Lipinski definition) is 1. The van der Waals surface area contributed by atoms with Gasteiger partial charge in [-0.3, -0.25) is 9.78 Å². The molecule has 0 spiro atoms. The van der Waals surface area contributed by atoms with Crippen LogP contribution in [0.4, 0.5) is 0 Å². The largest absolute Gasteiger partial charge is 0.454 e. The van der Waals surface area contributed by atoms with Gasteiger partial charge in [0.15, 0.2) is 6.61 Å². The smallest absolute Gasteiger partial charge is 0.339 e. The number of carbonyl (C=O) groups excluding carboxylic acids is 2. The fourth-order valence-corrected chi connectivity index (χ4v) is 3.09. The van der Waals surface area contributed by atoms with Crippen LogP contribution in [0.5, 0.6) is 0 Å². The molecule has 0 amide bonds. The van der Waals surface area contributed by atoms with E-state index in [1.807, 2.05) is 24.3 Å². The number of hydrogen-bond acceptors (Lipinski definition) is 6. The minimum absolute atomic E-state index is 0.110. The van der Waals surface area contributed by atoms with Gasteiger partial charge in [-0.05, 0) is 37.8 Å². The lowest BCUT2D eigenvalue weighted by Crippen LogP contribution is -2.19. The number of Topliss-reactive ketones (excluding diaryl/α,β-unsaturated/α-hetero) is 1. The zero-order chi connectivity index (χ0) is 18.0. The van der Waals surface area contributed by atoms with Gasteiger partial charge in [-0.25, -0.2) is 4.79 Å². The molecule has 0 aliphatic heterocycles. The summed E-state index contributed by atoms with van der Waals surface area (Å²) in [5.41, 5.74) is 8.43. The van der Waals surface area contributed by atoms with E-state index in [4.69, 9.17) is 15.7 Å². The summed E-state index contributed by atoms with van der Waals surface area (Å²) >= 11 is 0. The molecule has 3 rings (SSSR count). The third-order valence-corrected chi connectivity index (χ3v) is 4.24. The van der Waals surface area contributed by atoms with E-state index in [2.05, 4.69) is 4.98 Å². The van der Waals surface area contributed by atoms with Gasteiger partial charge in [0.25, 0.3) is 0 Å². The number of para-hydroxylation sites is 1. The van der Waals surface area contributed by atoms with E-state index in [-0.39, 0.29) is 11.3 Å². The molecule has 1 heterocycles. The van der Waals surface area contributed by atoms with E-state index in [1.165, 1.54) is 6.92 Å². The number of pyridine rings is 1. The molecule has 0 saturated heterocycles. The number of carbonyl (C=O) groups is 2. The number of nitrogens with two attached hydrogens (primary N) is 1. The van der Waals surface area contributed by atoms with Crippen LogP contribution in [0.1, 0.15) is 35.0 Å². The van der Waals surface area contributed by atoms with Crippen molar-refractivity contribution in [3.8, 4) is 6.07 Å². The Morgan fingerprint density at radius 3 is 2.80 bits per heavy atom. The van der Waals surface area contributed by atoms with Gasteiger partial charge in [0, 0.05) is 16.8 Å². The first-order valence-electron chi connectivity index (χ1n) is 8.00. The normalized spacial score (nSPS) is 13.8. The number of ether oxygens (including phenoxy) is 1. The van der Waals surface area contributed by atoms with Crippen LogP contribution < -0.4 is 5.73 Å². The van der Waals surface area contributed by atoms with Crippen molar-refractivity contribution in [2.24, 2.45) is 5.73 Å². The zero-order valence-electron chi connectivity index (χ0n) is 13.8. The summed E-state index contributed by atoms with van der Waals surface area (Å²) < 4.78 is 5.20. The van der Waals surface area contributed by atoms with Crippen molar-refractivity contribution < 1.29 is 14.3 Å². The van der Waals surface area contributed by atoms with Crippen molar-refractivity contribution in [3.63, 3.8) is 0 Å². The molecule has 0 bridgehead atoms. The van der Waals surface area contributed by atoms with E-state index >= 15 is 0 Å². The van der Waals surface area contributed by atoms with Crippen LogP contribution in [-0.4, -0.2) is 23.3 Å². The fourth-order valence-electron chi connectivity index (χ4n) is 3.09. The zero-order valence-corrected chi connectivity index (χ0v) is 13.8. The van der Waals surface area contributed by atoms with E-state index < -0.39 is 18.4 Å². The first kappa shape index (κ1) is 16.7. The number of esters is 1. The summed E-state index contributed by atoms with van der Waals surface area (Å²) in [4.78, 5) is 29.3. The van der Waals surface area contributed by atoms with Crippen LogP contribution >= 0.6 is 0 Å². The molecule has 0 radical (unpaired) electrons. The summed E-state index contributed by atoms with van der Waals surface area (Å²) in [6, 6.07) is 9.11. The van der Waals surface area contributed by atoms with Gasteiger partial charge < -0.3 is 10.5 Å². The summed E-state index contributed by atoms with van der Waals surface area (Å²) in [5, 5.41) is 9.67. The quantitative estimate of drug-likeness (QED) is 0.521. The first-order chi connectivity index (χ1) is 12.0. The maximum atomic E-state index is 12.7. The van der Waals surface area contributed by atoms with E-state index in [9.17, 15) is 9.59 Å². The second-order valence-electron chi connectivity index (χ2n) is 5.95. The SMILES string of the molecule is C/C(N)=C(\C#N)C(=O)COC(=O)c1c2c(nc3ccccc13)CCC2. The van der Waals surface area contributed by atoms with Gasteiger partial charge in [0.2, 0.25) is 5.78 Å². The number of benzene rings is 1. The molecule has 0 atom stereocenters. The minimum Gasteiger partial charge on any atom is -0.454 e. The van der Waals surface area contributed by atoms with Gasteiger partial charge in [-0.2, -0.15) is 5.26 Å². The Hall–Kier alpha value is -3.20. The van der Waals surface area contributed by atoms with Crippen LogP contribution in [0.15, 0.2) is 35.5 Å². The highest BCUT2D eigenvalue weighted by atomic mass is 16.5. The molecule has 1 aromatic carbocycles. The number of aromatic nitrogens is 1. The van der Waals surface area contributed by atoms with E-state index in [0.717, 1.165) is 36.0 Å². The predicted octanol–water partition coefficient (Wildman–Crippen LogP) is 2.21. The van der Waals surface area contributed by atoms with Crippen molar-refractivity contribution in [3.05, 3.63) is 52.4 Å². The molecule has 2 aromatic rings. The number of rotatable bonds is 4. The predicted molar refractivity (Wildman–Crippen MR) is 91.6 cm³/mol. The van der Waals surface area contributed by atoms with Gasteiger partial charge in [0.1, 0.15) is 11.6 Å². The van der Waals surface area contributed by atoms with Crippen LogP contribution in [0, 0.1) is 11.3 Å². The first-order valence-corrected chi connectivity index (χ1v) is 8.00. The summed E-state index contributed by atoms with van der Waals surface area (Å²) in [5.74, 6) is -1.18. The minimum atomic E-state index is -0.606. The highest BCUT2D eigenvalue weighted by molar-refractivity contribution is 6.07. The third-order valence-electron chi connectivity index (χ3n) is 4.24. The van der Waals surface area contributed by atoms with Gasteiger partial charge in [-0.15, -0.1) is 0 Å². The van der Waals surface area contributed by atoms with E-state index in [1.54, 1.807) is 6.07 Å². The lowest BCUT2D eigenvalue weighted by molar-refractivity contribution is -0.118. The van der Waals surface area contributed by atoms with Crippen LogP contribution in [0.25, 0.3) is 10.9 Å². The van der Waals surface area contributed by atoms with Crippen LogP contribution in [-0.2, 0) is 22.4 Å². The molecule has 0 fully saturated rings. The lowest BCUT2D eigenvalue weighted by atomic mass is 10.0. The van der Waals surface area contributed by atoms with Crippen molar-refractivity contribution in [2.45, 2.75) is 26.2 Å². The number of aryl methyl sites for hydroxylation is 1. The maximum absolute atomic E-state index is 12.7. The van der Waals surface area contributed by atoms with Crippen molar-refractivity contribution in [1.82, 2.24) is 4.98 Å². The number of fused-ring (bicyclic) bond motifs is 2. The molecular formula is C19H17N3O3. The lowest BCUT2D eigenvalue weighted by Gasteiger charge is -2.12. The molecule has 25 heavy (non-hydrogen) atoms. The van der Waals surface area contributed by atoms with Crippen molar-refractivity contribution in [2.75, 3.05) is 6.61 Å². The molecule has 0 saturated carbocycles. The number of nitriles is 1. The molecule has 6 heteroatoms. The Labute approximate surface area is 144 Å². The molecule has 1 aromatic heterocycles. The molecular weight excluding hydrogens is 318 g/mol. The van der Waals surface area contributed by atoms with Gasteiger partial charge in [-0.1, -0.05) is 18.2 Å². The molecule has 2 N–H and O–H groups in total. The van der Waals surface area contributed by atoms with Crippen LogP contribution in [0.3, 0.4) is 0 Å². The molecule has 6 nitrogen and oxygen atoms in total. The molecule has 0 unspecified atom stereocenters. The molecule has 1 aliphatic rings. The standard InChI is InChI=1S/C19H17N3O3/c1-11(21)14(9-20)17(23)10-25-19(24)18-12-5-2-3-7-15(12)22-16-8-4-6-13(16)18/h2-3,5,7H,4,6,8,10,21H2,1H3/b14-11-. The Kier molecular flexibility index (Phi) is 4.48. The van der Waals surface area contributed by atoms with Crippen LogP contribution in [0.2, 0.25) is 0 Å². The second-order valence-corrected chi connectivity index (χ2v) is 5.95. The Balaban J connectivity index is 1.92. The number of nitrogens with zero attached hydrogens (tertiary/aromatic N) is 2. The summed E-state index contributed by atoms with van der Waals surface area (Å²) in [7, 11) is 0.